The van der Waals surface area contributed by atoms with E-state index in [4.69, 9.17) is 5.73 Å². The van der Waals surface area contributed by atoms with E-state index < -0.39 is 27.9 Å². The monoisotopic (exact) mass is 519 g/mol. The van der Waals surface area contributed by atoms with Crippen molar-refractivity contribution in [3.05, 3.63) is 45.8 Å². The van der Waals surface area contributed by atoms with Gasteiger partial charge in [0.1, 0.15) is 5.00 Å². The van der Waals surface area contributed by atoms with E-state index in [1.165, 1.54) is 39.9 Å². The van der Waals surface area contributed by atoms with Gasteiger partial charge in [-0.15, -0.1) is 11.3 Å². The summed E-state index contributed by atoms with van der Waals surface area (Å²) >= 11 is 1.28. The van der Waals surface area contributed by atoms with Crippen LogP contribution < -0.4 is 16.4 Å². The summed E-state index contributed by atoms with van der Waals surface area (Å²) < 4.78 is 27.4. The number of sulfonamides is 1. The number of urea groups is 1. The second kappa shape index (κ2) is 10.1. The Bertz CT molecular complexity index is 1250. The van der Waals surface area contributed by atoms with E-state index in [9.17, 15) is 22.8 Å². The molecular formula is C23H29N5O5S2. The third kappa shape index (κ3) is 5.40. The predicted octanol–water partition coefficient (Wildman–Crippen LogP) is 2.22. The zero-order valence-corrected chi connectivity index (χ0v) is 21.3. The minimum absolute atomic E-state index is 0.139. The number of nitrogens with two attached hydrogens (primary N) is 1. The number of nitrogens with one attached hydrogen (secondary N) is 2. The highest BCUT2D eigenvalue weighted by Gasteiger charge is 2.30. The molecule has 0 radical (unpaired) electrons. The number of primary amides is 1. The summed E-state index contributed by atoms with van der Waals surface area (Å²) in [5, 5.41) is 5.18. The van der Waals surface area contributed by atoms with Gasteiger partial charge >= 0.3 is 6.03 Å². The molecule has 2 aromatic rings. The number of thiophene rings is 1. The van der Waals surface area contributed by atoms with Gasteiger partial charge in [0.2, 0.25) is 10.0 Å². The SMILES string of the molecule is CC1CCN(S(=O)(=O)c2ccc(C(=O)Nc3sc4c(c3C(=O)NC(N)=O)CCN(C)C4)cc2)CC1. The van der Waals surface area contributed by atoms with Crippen molar-refractivity contribution in [1.29, 1.82) is 0 Å². The molecule has 1 aromatic heterocycles. The van der Waals surface area contributed by atoms with Gasteiger partial charge in [0.15, 0.2) is 0 Å². The van der Waals surface area contributed by atoms with Crippen LogP contribution in [0.25, 0.3) is 0 Å². The molecule has 0 atom stereocenters. The molecule has 4 N–H and O–H groups in total. The fourth-order valence-electron chi connectivity index (χ4n) is 4.36. The quantitative estimate of drug-likeness (QED) is 0.553. The molecule has 0 spiro atoms. The van der Waals surface area contributed by atoms with E-state index in [1.807, 2.05) is 7.05 Å². The maximum Gasteiger partial charge on any atom is 0.319 e. The predicted molar refractivity (Wildman–Crippen MR) is 133 cm³/mol. The van der Waals surface area contributed by atoms with Crippen LogP contribution in [-0.2, 0) is 23.0 Å². The fraction of sp³-hybridized carbons (Fsp3) is 0.435. The third-order valence-corrected chi connectivity index (χ3v) is 9.48. The number of amides is 4. The first-order valence-electron chi connectivity index (χ1n) is 11.4. The molecule has 2 aliphatic heterocycles. The normalized spacial score (nSPS) is 17.5. The Kier molecular flexibility index (Phi) is 7.27. The molecule has 1 fully saturated rings. The van der Waals surface area contributed by atoms with Crippen molar-refractivity contribution in [2.75, 3.05) is 32.0 Å². The van der Waals surface area contributed by atoms with E-state index in [-0.39, 0.29) is 16.0 Å². The van der Waals surface area contributed by atoms with Gasteiger partial charge in [0, 0.05) is 36.6 Å². The van der Waals surface area contributed by atoms with E-state index in [1.54, 1.807) is 0 Å². The van der Waals surface area contributed by atoms with Crippen molar-refractivity contribution in [1.82, 2.24) is 14.5 Å². The van der Waals surface area contributed by atoms with Crippen LogP contribution in [0.15, 0.2) is 29.2 Å². The molecular weight excluding hydrogens is 490 g/mol. The van der Waals surface area contributed by atoms with Crippen LogP contribution in [0.3, 0.4) is 0 Å². The maximum absolute atomic E-state index is 13.0. The van der Waals surface area contributed by atoms with Gasteiger partial charge in [-0.3, -0.25) is 14.9 Å². The number of fused-ring (bicyclic) bond motifs is 1. The molecule has 4 amide bonds. The summed E-state index contributed by atoms with van der Waals surface area (Å²) in [6, 6.07) is 4.80. The molecule has 2 aliphatic rings. The van der Waals surface area contributed by atoms with Gasteiger partial charge in [0.05, 0.1) is 10.5 Å². The Morgan fingerprint density at radius 1 is 1.06 bits per heavy atom. The van der Waals surface area contributed by atoms with Crippen LogP contribution in [0.2, 0.25) is 0 Å². The van der Waals surface area contributed by atoms with Crippen LogP contribution in [0.4, 0.5) is 9.80 Å². The first kappa shape index (κ1) is 25.3. The highest BCUT2D eigenvalue weighted by Crippen LogP contribution is 2.37. The summed E-state index contributed by atoms with van der Waals surface area (Å²) in [5.41, 5.74) is 6.42. The number of hydrogen-bond donors (Lipinski definition) is 3. The number of piperidine rings is 1. The lowest BCUT2D eigenvalue weighted by molar-refractivity contribution is 0.0966. The standard InChI is InChI=1S/C23H29N5O5S2/c1-14-7-11-28(12-8-14)35(32,33)16-5-3-15(4-6-16)20(29)25-22-19(21(30)26-23(24)31)17-9-10-27(2)13-18(17)34-22/h3-6,14H,7-13H2,1-2H3,(H,25,29)(H3,24,26,30,31). The molecule has 10 nitrogen and oxygen atoms in total. The number of anilines is 1. The van der Waals surface area contributed by atoms with E-state index in [2.05, 4.69) is 22.5 Å². The Balaban J connectivity index is 1.55. The summed E-state index contributed by atoms with van der Waals surface area (Å²) in [7, 11) is -1.66. The van der Waals surface area contributed by atoms with Crippen molar-refractivity contribution < 1.29 is 22.8 Å². The Hall–Kier alpha value is -2.80. The number of nitrogens with zero attached hydrogens (tertiary/aromatic N) is 2. The number of benzene rings is 1. The molecule has 0 bridgehead atoms. The summed E-state index contributed by atoms with van der Waals surface area (Å²) in [4.78, 5) is 40.1. The molecule has 4 rings (SSSR count). The highest BCUT2D eigenvalue weighted by atomic mass is 32.2. The molecule has 0 saturated carbocycles. The largest absolute Gasteiger partial charge is 0.351 e. The Labute approximate surface area is 208 Å². The Morgan fingerprint density at radius 2 is 1.71 bits per heavy atom. The van der Waals surface area contributed by atoms with Gasteiger partial charge < -0.3 is 16.0 Å². The van der Waals surface area contributed by atoms with E-state index in [0.717, 1.165) is 29.8 Å². The van der Waals surface area contributed by atoms with Gasteiger partial charge in [-0.05, 0) is 62.1 Å². The molecule has 0 unspecified atom stereocenters. The minimum atomic E-state index is -3.62. The molecule has 1 aromatic carbocycles. The second-order valence-corrected chi connectivity index (χ2v) is 12.1. The molecule has 1 saturated heterocycles. The van der Waals surface area contributed by atoms with Gasteiger partial charge in [0.25, 0.3) is 11.8 Å². The molecule has 12 heteroatoms. The topological polar surface area (TPSA) is 142 Å². The first-order chi connectivity index (χ1) is 16.6. The van der Waals surface area contributed by atoms with Crippen molar-refractivity contribution in [3.63, 3.8) is 0 Å². The number of hydrogen-bond acceptors (Lipinski definition) is 7. The lowest BCUT2D eigenvalue weighted by Gasteiger charge is -2.29. The molecule has 35 heavy (non-hydrogen) atoms. The van der Waals surface area contributed by atoms with E-state index >= 15 is 0 Å². The molecule has 0 aliphatic carbocycles. The summed E-state index contributed by atoms with van der Waals surface area (Å²) in [6.07, 6.45) is 2.25. The van der Waals surface area contributed by atoms with Crippen LogP contribution in [0, 0.1) is 5.92 Å². The van der Waals surface area contributed by atoms with Crippen molar-refractivity contribution >= 4 is 44.2 Å². The number of imide groups is 1. The lowest BCUT2D eigenvalue weighted by Crippen LogP contribution is -2.37. The number of rotatable bonds is 5. The highest BCUT2D eigenvalue weighted by molar-refractivity contribution is 7.89. The average molecular weight is 520 g/mol. The van der Waals surface area contributed by atoms with Crippen molar-refractivity contribution in [2.45, 2.75) is 37.6 Å². The number of likely N-dealkylation sites (N-methyl/N-ethyl adjacent to an activating group) is 1. The van der Waals surface area contributed by atoms with Gasteiger partial charge in [-0.25, -0.2) is 13.2 Å². The third-order valence-electron chi connectivity index (χ3n) is 6.44. The van der Waals surface area contributed by atoms with Gasteiger partial charge in [-0.2, -0.15) is 4.31 Å². The Morgan fingerprint density at radius 3 is 2.34 bits per heavy atom. The smallest absolute Gasteiger partial charge is 0.319 e. The van der Waals surface area contributed by atoms with Crippen molar-refractivity contribution in [3.8, 4) is 0 Å². The summed E-state index contributed by atoms with van der Waals surface area (Å²) in [5.74, 6) is -0.640. The van der Waals surface area contributed by atoms with Gasteiger partial charge in [-0.1, -0.05) is 6.92 Å². The molecule has 188 valence electrons. The lowest BCUT2D eigenvalue weighted by atomic mass is 10.0. The van der Waals surface area contributed by atoms with Crippen LogP contribution >= 0.6 is 11.3 Å². The maximum atomic E-state index is 13.0. The number of carbonyl (C=O) groups excluding carboxylic acids is 3. The van der Waals surface area contributed by atoms with E-state index in [0.29, 0.717) is 37.0 Å². The minimum Gasteiger partial charge on any atom is -0.351 e. The summed E-state index contributed by atoms with van der Waals surface area (Å²) in [6.45, 7) is 4.44. The average Bonchev–Trinajstić information content (AvgIpc) is 3.15. The fourth-order valence-corrected chi connectivity index (χ4v) is 7.15. The molecule has 3 heterocycles. The zero-order chi connectivity index (χ0) is 25.3. The van der Waals surface area contributed by atoms with Crippen molar-refractivity contribution in [2.24, 2.45) is 11.7 Å². The van der Waals surface area contributed by atoms with Crippen LogP contribution in [-0.4, -0.2) is 62.2 Å². The van der Waals surface area contributed by atoms with Crippen LogP contribution in [0.1, 0.15) is 50.9 Å². The van der Waals surface area contributed by atoms with Crippen LogP contribution in [0.5, 0.6) is 0 Å². The first-order valence-corrected chi connectivity index (χ1v) is 13.7. The zero-order valence-electron chi connectivity index (χ0n) is 19.7. The number of carbonyl (C=O) groups is 3. The second-order valence-electron chi connectivity index (χ2n) is 9.08.